The molecular formula is C43H35Cl2N3O10. The Labute approximate surface area is 341 Å². The van der Waals surface area contributed by atoms with Gasteiger partial charge in [0.05, 0.1) is 53.8 Å². The average molecular weight is 825 g/mol. The van der Waals surface area contributed by atoms with Crippen molar-refractivity contribution in [2.75, 3.05) is 24.5 Å². The molecule has 296 valence electrons. The number of carbonyl (C=O) groups excluding carboxylic acids is 4. The molecule has 15 heteroatoms. The van der Waals surface area contributed by atoms with Crippen molar-refractivity contribution < 1.29 is 48.8 Å². The van der Waals surface area contributed by atoms with E-state index in [4.69, 9.17) is 32.7 Å². The van der Waals surface area contributed by atoms with Crippen molar-refractivity contribution in [2.45, 2.75) is 18.3 Å². The number of phenols is 2. The molecule has 6 atom stereocenters. The second kappa shape index (κ2) is 14.6. The predicted octanol–water partition coefficient (Wildman–Crippen LogP) is 6.86. The quantitative estimate of drug-likeness (QED) is 0.102. The number of allylic oxidation sites excluding steroid dienone is 3. The highest BCUT2D eigenvalue weighted by atomic mass is 35.5. The third-order valence-corrected chi connectivity index (χ3v) is 12.3. The van der Waals surface area contributed by atoms with Crippen molar-refractivity contribution in [3.8, 4) is 23.0 Å². The number of nitrogens with one attached hydrogen (secondary N) is 1. The van der Waals surface area contributed by atoms with E-state index in [0.717, 1.165) is 22.0 Å². The monoisotopic (exact) mass is 823 g/mol. The van der Waals surface area contributed by atoms with Crippen LogP contribution in [0.25, 0.3) is 6.08 Å². The number of fused-ring (bicyclic) bond motifs is 4. The van der Waals surface area contributed by atoms with E-state index in [9.17, 15) is 34.5 Å². The maximum atomic E-state index is 15.4. The number of aromatic carboxylic acids is 1. The van der Waals surface area contributed by atoms with E-state index in [-0.39, 0.29) is 40.7 Å². The highest BCUT2D eigenvalue weighted by molar-refractivity contribution is 6.36. The summed E-state index contributed by atoms with van der Waals surface area (Å²) in [6.45, 7) is 0. The number of amides is 4. The van der Waals surface area contributed by atoms with Gasteiger partial charge >= 0.3 is 5.97 Å². The first-order valence-electron chi connectivity index (χ1n) is 18.2. The van der Waals surface area contributed by atoms with Gasteiger partial charge in [-0.25, -0.2) is 9.69 Å². The van der Waals surface area contributed by atoms with Gasteiger partial charge in [-0.05, 0) is 84.5 Å². The summed E-state index contributed by atoms with van der Waals surface area (Å²) in [5, 5.41) is 31.7. The lowest BCUT2D eigenvalue weighted by atomic mass is 9.50. The molecule has 2 aliphatic heterocycles. The van der Waals surface area contributed by atoms with Crippen LogP contribution < -0.4 is 19.8 Å². The van der Waals surface area contributed by atoms with Crippen LogP contribution in [0.4, 0.5) is 11.4 Å². The molecule has 4 N–H and O–H groups in total. The number of imide groups is 2. The number of nitrogens with zero attached hydrogens (tertiary/aromatic N) is 2. The third kappa shape index (κ3) is 5.95. The molecule has 4 amide bonds. The Kier molecular flexibility index (Phi) is 9.68. The average Bonchev–Trinajstić information content (AvgIpc) is 3.59. The SMILES string of the molecule is COc1ccc(C23C(=O)N(Nc4ccc(Cl)cc4Cl)C(=O)C2CC2C(=CCC4C(=O)N(c5ccc(C(=O)O)c(O)c5)C(=O)C42)C3C=Cc2ccc(O)c(OC)c2)cc1. The van der Waals surface area contributed by atoms with Crippen LogP contribution in [-0.4, -0.2) is 64.1 Å². The molecule has 2 aliphatic carbocycles. The Balaban J connectivity index is 1.29. The summed E-state index contributed by atoms with van der Waals surface area (Å²) in [5.74, 6) is -8.04. The highest BCUT2D eigenvalue weighted by Crippen LogP contribution is 2.62. The third-order valence-electron chi connectivity index (χ3n) is 11.8. The first-order chi connectivity index (χ1) is 27.8. The normalized spacial score (nSPS) is 25.0. The molecule has 6 unspecified atom stereocenters. The molecule has 3 fully saturated rings. The molecule has 4 aromatic rings. The number of aromatic hydroxyl groups is 2. The lowest BCUT2D eigenvalue weighted by molar-refractivity contribution is -0.139. The minimum atomic E-state index is -1.59. The van der Waals surface area contributed by atoms with E-state index >= 15 is 4.79 Å². The summed E-state index contributed by atoms with van der Waals surface area (Å²) in [6, 6.07) is 19.7. The molecule has 1 saturated carbocycles. The number of ether oxygens (including phenoxy) is 2. The minimum absolute atomic E-state index is 0.00354. The Morgan fingerprint density at radius 2 is 1.62 bits per heavy atom. The second-order valence-corrected chi connectivity index (χ2v) is 15.4. The number of phenolic OH excluding ortho intramolecular Hbond substituents is 1. The first-order valence-corrected chi connectivity index (χ1v) is 19.0. The molecule has 0 bridgehead atoms. The summed E-state index contributed by atoms with van der Waals surface area (Å²) < 4.78 is 10.8. The maximum absolute atomic E-state index is 15.4. The number of anilines is 2. The van der Waals surface area contributed by atoms with Gasteiger partial charge in [0.15, 0.2) is 11.5 Å². The molecule has 0 radical (unpaired) electrons. The van der Waals surface area contributed by atoms with Crippen molar-refractivity contribution in [3.05, 3.63) is 123 Å². The Morgan fingerprint density at radius 3 is 2.29 bits per heavy atom. The summed E-state index contributed by atoms with van der Waals surface area (Å²) in [5.41, 5.74) is 3.02. The molecular weight excluding hydrogens is 789 g/mol. The second-order valence-electron chi connectivity index (χ2n) is 14.6. The van der Waals surface area contributed by atoms with Crippen LogP contribution in [0, 0.1) is 29.6 Å². The van der Waals surface area contributed by atoms with Crippen molar-refractivity contribution in [3.63, 3.8) is 0 Å². The zero-order valence-corrected chi connectivity index (χ0v) is 32.4. The number of halogens is 2. The molecule has 13 nitrogen and oxygen atoms in total. The fourth-order valence-corrected chi connectivity index (χ4v) is 9.64. The Hall–Kier alpha value is -6.31. The molecule has 2 saturated heterocycles. The number of carbonyl (C=O) groups is 5. The number of hydrazine groups is 1. The maximum Gasteiger partial charge on any atom is 0.339 e. The van der Waals surface area contributed by atoms with Crippen LogP contribution in [0.1, 0.15) is 34.3 Å². The highest BCUT2D eigenvalue weighted by Gasteiger charge is 2.69. The topological polar surface area (TPSA) is 183 Å². The molecule has 0 aromatic heterocycles. The van der Waals surface area contributed by atoms with Gasteiger partial charge < -0.3 is 24.8 Å². The number of benzene rings is 4. The molecule has 8 rings (SSSR count). The molecule has 4 aromatic carbocycles. The molecule has 4 aliphatic rings. The zero-order valence-electron chi connectivity index (χ0n) is 30.9. The van der Waals surface area contributed by atoms with Crippen LogP contribution >= 0.6 is 23.2 Å². The smallest absolute Gasteiger partial charge is 0.339 e. The van der Waals surface area contributed by atoms with Gasteiger partial charge in [0.25, 0.3) is 11.8 Å². The summed E-state index contributed by atoms with van der Waals surface area (Å²) in [6.07, 6.45) is 5.58. The molecule has 0 spiro atoms. The Morgan fingerprint density at radius 1 is 0.862 bits per heavy atom. The van der Waals surface area contributed by atoms with E-state index < -0.39 is 75.9 Å². The van der Waals surface area contributed by atoms with E-state index in [2.05, 4.69) is 5.43 Å². The van der Waals surface area contributed by atoms with Crippen molar-refractivity contribution in [1.82, 2.24) is 5.01 Å². The van der Waals surface area contributed by atoms with E-state index in [1.807, 2.05) is 12.2 Å². The van der Waals surface area contributed by atoms with Gasteiger partial charge in [-0.1, -0.05) is 65.2 Å². The van der Waals surface area contributed by atoms with Gasteiger partial charge in [-0.2, -0.15) is 5.01 Å². The van der Waals surface area contributed by atoms with E-state index in [0.29, 0.717) is 27.5 Å². The summed E-state index contributed by atoms with van der Waals surface area (Å²) in [4.78, 5) is 71.5. The number of rotatable bonds is 9. The zero-order chi connectivity index (χ0) is 41.2. The fraction of sp³-hybridized carbons (Fsp3) is 0.233. The van der Waals surface area contributed by atoms with E-state index in [1.165, 1.54) is 32.4 Å². The standard InChI is InChI=1S/C43H35Cl2N3O10/c1-57-25-9-5-22(6-10-25)43-30(14-3-21-4-16-34(49)36(17-21)58-2)26-12-13-28-37(40(53)47(38(28)51)24-8-11-27(41(54)55)35(50)19-24)29(26)20-31(43)39(52)48(42(43)56)46-33-15-7-23(44)18-32(33)45/h3-12,14-19,28-31,37,46,49-50H,13,20H2,1-2H3,(H,54,55). The molecule has 2 heterocycles. The van der Waals surface area contributed by atoms with Gasteiger partial charge in [-0.3, -0.25) is 24.6 Å². The van der Waals surface area contributed by atoms with Crippen molar-refractivity contribution in [1.29, 1.82) is 0 Å². The first kappa shape index (κ1) is 38.6. The fourth-order valence-electron chi connectivity index (χ4n) is 9.19. The largest absolute Gasteiger partial charge is 0.507 e. The number of carboxylic acids is 1. The van der Waals surface area contributed by atoms with Crippen LogP contribution in [0.5, 0.6) is 23.0 Å². The van der Waals surface area contributed by atoms with Crippen LogP contribution in [-0.2, 0) is 24.6 Å². The number of carboxylic acid groups (broad SMARTS) is 1. The van der Waals surface area contributed by atoms with Gasteiger partial charge in [0.2, 0.25) is 11.8 Å². The van der Waals surface area contributed by atoms with Gasteiger partial charge in [-0.15, -0.1) is 0 Å². The lowest BCUT2D eigenvalue weighted by Gasteiger charge is -2.49. The minimum Gasteiger partial charge on any atom is -0.507 e. The van der Waals surface area contributed by atoms with Crippen LogP contribution in [0.15, 0.2) is 96.6 Å². The van der Waals surface area contributed by atoms with Crippen LogP contribution in [0.3, 0.4) is 0 Å². The van der Waals surface area contributed by atoms with Crippen molar-refractivity contribution >= 4 is 70.3 Å². The Bertz CT molecular complexity index is 2490. The summed E-state index contributed by atoms with van der Waals surface area (Å²) >= 11 is 12.7. The predicted molar refractivity (Wildman–Crippen MR) is 213 cm³/mol. The van der Waals surface area contributed by atoms with Gasteiger partial charge in [0.1, 0.15) is 17.1 Å². The number of methoxy groups -OCH3 is 2. The van der Waals surface area contributed by atoms with Crippen molar-refractivity contribution in [2.24, 2.45) is 29.6 Å². The van der Waals surface area contributed by atoms with Crippen LogP contribution in [0.2, 0.25) is 10.0 Å². The summed E-state index contributed by atoms with van der Waals surface area (Å²) in [7, 11) is 2.93. The number of hydrogen-bond acceptors (Lipinski definition) is 10. The van der Waals surface area contributed by atoms with Gasteiger partial charge in [0, 0.05) is 17.0 Å². The number of hydrogen-bond donors (Lipinski definition) is 4. The molecule has 58 heavy (non-hydrogen) atoms. The van der Waals surface area contributed by atoms with E-state index in [1.54, 1.807) is 54.6 Å². The lowest BCUT2D eigenvalue weighted by Crippen LogP contribution is -2.54.